The van der Waals surface area contributed by atoms with Gasteiger partial charge in [0.2, 0.25) is 0 Å². The Bertz CT molecular complexity index is 993. The van der Waals surface area contributed by atoms with E-state index in [0.717, 1.165) is 12.8 Å². The summed E-state index contributed by atoms with van der Waals surface area (Å²) in [7, 11) is 1.55. The van der Waals surface area contributed by atoms with Crippen molar-refractivity contribution in [2.24, 2.45) is 5.92 Å². The third-order valence-corrected chi connectivity index (χ3v) is 5.95. The average molecular weight is 475 g/mol. The first kappa shape index (κ1) is 24.5. The summed E-state index contributed by atoms with van der Waals surface area (Å²) in [6.07, 6.45) is 0.618. The number of para-hydroxylation sites is 1. The second-order valence-corrected chi connectivity index (χ2v) is 9.65. The van der Waals surface area contributed by atoms with Crippen LogP contribution in [-0.2, 0) is 9.47 Å². The summed E-state index contributed by atoms with van der Waals surface area (Å²) in [6, 6.07) is 7.23. The van der Waals surface area contributed by atoms with Crippen molar-refractivity contribution < 1.29 is 23.9 Å². The smallest absolute Gasteiger partial charge is 0.411 e. The van der Waals surface area contributed by atoms with Gasteiger partial charge in [0.1, 0.15) is 16.3 Å². The molecule has 1 aromatic carbocycles. The number of benzene rings is 1. The maximum absolute atomic E-state index is 12.4. The van der Waals surface area contributed by atoms with Gasteiger partial charge in [-0.15, -0.1) is 11.3 Å². The quantitative estimate of drug-likeness (QED) is 0.666. The molecule has 0 unspecified atom stereocenters. The second-order valence-electron chi connectivity index (χ2n) is 8.80. The molecule has 1 aliphatic heterocycles. The van der Waals surface area contributed by atoms with E-state index in [2.05, 4.69) is 15.6 Å². The van der Waals surface area contributed by atoms with Gasteiger partial charge in [0.25, 0.3) is 5.91 Å². The van der Waals surface area contributed by atoms with Crippen molar-refractivity contribution in [1.82, 2.24) is 15.2 Å². The third-order valence-electron chi connectivity index (χ3n) is 5.07. The number of thiazole rings is 1. The number of hydrogen-bond donors (Lipinski definition) is 2. The van der Waals surface area contributed by atoms with Crippen molar-refractivity contribution in [1.29, 1.82) is 0 Å². The van der Waals surface area contributed by atoms with Crippen LogP contribution in [0.2, 0.25) is 0 Å². The van der Waals surface area contributed by atoms with E-state index in [9.17, 15) is 14.4 Å². The summed E-state index contributed by atoms with van der Waals surface area (Å²) in [4.78, 5) is 42.4. The SMILES string of the molecule is CNC(=O)c1csc(-c2ccccc2NC(=O)OCC2CCN(C(=O)OC(C)(C)C)CC2)n1. The van der Waals surface area contributed by atoms with E-state index >= 15 is 0 Å². The van der Waals surface area contributed by atoms with Gasteiger partial charge in [-0.1, -0.05) is 12.1 Å². The lowest BCUT2D eigenvalue weighted by molar-refractivity contribution is 0.0152. The topological polar surface area (TPSA) is 110 Å². The number of rotatable bonds is 5. The molecule has 0 atom stereocenters. The van der Waals surface area contributed by atoms with Crippen LogP contribution in [0, 0.1) is 5.92 Å². The van der Waals surface area contributed by atoms with E-state index in [1.54, 1.807) is 29.5 Å². The number of amides is 3. The van der Waals surface area contributed by atoms with Crippen molar-refractivity contribution in [3.8, 4) is 10.6 Å². The fraction of sp³-hybridized carbons (Fsp3) is 0.478. The largest absolute Gasteiger partial charge is 0.449 e. The van der Waals surface area contributed by atoms with E-state index in [-0.39, 0.29) is 24.5 Å². The molecule has 1 fully saturated rings. The normalized spacial score (nSPS) is 14.5. The Kier molecular flexibility index (Phi) is 7.91. The van der Waals surface area contributed by atoms with Crippen molar-refractivity contribution in [3.63, 3.8) is 0 Å². The minimum absolute atomic E-state index is 0.179. The fourth-order valence-corrected chi connectivity index (χ4v) is 4.20. The summed E-state index contributed by atoms with van der Waals surface area (Å²) in [5.41, 5.74) is 1.07. The van der Waals surface area contributed by atoms with E-state index < -0.39 is 11.7 Å². The first-order valence-corrected chi connectivity index (χ1v) is 11.7. The number of nitrogens with zero attached hydrogens (tertiary/aromatic N) is 2. The fourth-order valence-electron chi connectivity index (χ4n) is 3.36. The van der Waals surface area contributed by atoms with Gasteiger partial charge in [0, 0.05) is 31.1 Å². The molecule has 1 aromatic heterocycles. The predicted molar refractivity (Wildman–Crippen MR) is 126 cm³/mol. The molecule has 33 heavy (non-hydrogen) atoms. The molecule has 0 spiro atoms. The van der Waals surface area contributed by atoms with Crippen LogP contribution < -0.4 is 10.6 Å². The number of piperidine rings is 1. The standard InChI is InChI=1S/C23H30N4O5S/c1-23(2,3)32-22(30)27-11-9-15(10-12-27)13-31-21(29)26-17-8-6-5-7-16(17)20-25-18(14-33-20)19(28)24-4/h5-8,14-15H,9-13H2,1-4H3,(H,24,28)(H,26,29). The lowest BCUT2D eigenvalue weighted by Crippen LogP contribution is -2.42. The molecule has 9 nitrogen and oxygen atoms in total. The molecule has 3 rings (SSSR count). The number of likely N-dealkylation sites (tertiary alicyclic amines) is 1. The zero-order chi connectivity index (χ0) is 24.0. The Morgan fingerprint density at radius 2 is 1.88 bits per heavy atom. The Labute approximate surface area is 197 Å². The molecule has 2 heterocycles. The highest BCUT2D eigenvalue weighted by molar-refractivity contribution is 7.13. The summed E-state index contributed by atoms with van der Waals surface area (Å²) in [5.74, 6) is -0.0844. The molecular weight excluding hydrogens is 444 g/mol. The predicted octanol–water partition coefficient (Wildman–Crippen LogP) is 4.37. The first-order chi connectivity index (χ1) is 15.7. The van der Waals surface area contributed by atoms with E-state index in [1.807, 2.05) is 32.9 Å². The monoisotopic (exact) mass is 474 g/mol. The summed E-state index contributed by atoms with van der Waals surface area (Å²) >= 11 is 1.32. The molecule has 2 N–H and O–H groups in total. The van der Waals surface area contributed by atoms with Crippen LogP contribution in [0.5, 0.6) is 0 Å². The maximum Gasteiger partial charge on any atom is 0.411 e. The zero-order valence-electron chi connectivity index (χ0n) is 19.3. The van der Waals surface area contributed by atoms with Gasteiger partial charge >= 0.3 is 12.2 Å². The molecule has 0 aliphatic carbocycles. The molecule has 0 radical (unpaired) electrons. The highest BCUT2D eigenvalue weighted by Crippen LogP contribution is 2.30. The van der Waals surface area contributed by atoms with Gasteiger partial charge in [-0.3, -0.25) is 10.1 Å². The third kappa shape index (κ3) is 6.92. The molecule has 10 heteroatoms. The van der Waals surface area contributed by atoms with E-state index in [4.69, 9.17) is 9.47 Å². The van der Waals surface area contributed by atoms with E-state index in [1.165, 1.54) is 11.3 Å². The number of ether oxygens (including phenoxy) is 2. The zero-order valence-corrected chi connectivity index (χ0v) is 20.2. The maximum atomic E-state index is 12.4. The number of anilines is 1. The van der Waals surface area contributed by atoms with Gasteiger partial charge in [-0.25, -0.2) is 14.6 Å². The highest BCUT2D eigenvalue weighted by atomic mass is 32.1. The molecule has 178 valence electrons. The summed E-state index contributed by atoms with van der Waals surface area (Å²) < 4.78 is 10.9. The van der Waals surface area contributed by atoms with Crippen LogP contribution >= 0.6 is 11.3 Å². The van der Waals surface area contributed by atoms with Crippen molar-refractivity contribution in [2.45, 2.75) is 39.2 Å². The summed E-state index contributed by atoms with van der Waals surface area (Å²) in [5, 5.41) is 7.62. The van der Waals surface area contributed by atoms with Crippen molar-refractivity contribution in [2.75, 3.05) is 32.1 Å². The minimum atomic E-state index is -0.555. The van der Waals surface area contributed by atoms with Crippen LogP contribution in [-0.4, -0.2) is 60.3 Å². The molecule has 2 aromatic rings. The number of nitrogens with one attached hydrogen (secondary N) is 2. The Balaban J connectivity index is 1.51. The van der Waals surface area contributed by atoms with Gasteiger partial charge in [-0.05, 0) is 51.7 Å². The highest BCUT2D eigenvalue weighted by Gasteiger charge is 2.27. The second kappa shape index (κ2) is 10.7. The molecule has 1 saturated heterocycles. The Hall–Kier alpha value is -3.14. The Morgan fingerprint density at radius 1 is 1.18 bits per heavy atom. The Morgan fingerprint density at radius 3 is 2.55 bits per heavy atom. The number of hydrogen-bond acceptors (Lipinski definition) is 7. The average Bonchev–Trinajstić information content (AvgIpc) is 3.27. The van der Waals surface area contributed by atoms with Crippen LogP contribution in [0.1, 0.15) is 44.1 Å². The first-order valence-electron chi connectivity index (χ1n) is 10.8. The van der Waals surface area contributed by atoms with Crippen LogP contribution in [0.25, 0.3) is 10.6 Å². The van der Waals surface area contributed by atoms with Gasteiger partial charge in [0.15, 0.2) is 0 Å². The molecule has 0 bridgehead atoms. The molecule has 3 amide bonds. The van der Waals surface area contributed by atoms with Crippen LogP contribution in [0.4, 0.5) is 15.3 Å². The lowest BCUT2D eigenvalue weighted by atomic mass is 9.98. The number of carbonyl (C=O) groups excluding carboxylic acids is 3. The lowest BCUT2D eigenvalue weighted by Gasteiger charge is -2.33. The van der Waals surface area contributed by atoms with Crippen molar-refractivity contribution >= 4 is 35.1 Å². The van der Waals surface area contributed by atoms with E-state index in [0.29, 0.717) is 35.0 Å². The molecule has 1 aliphatic rings. The molecular formula is C23H30N4O5S. The van der Waals surface area contributed by atoms with Crippen molar-refractivity contribution in [3.05, 3.63) is 35.3 Å². The van der Waals surface area contributed by atoms with Gasteiger partial charge in [-0.2, -0.15) is 0 Å². The molecule has 0 saturated carbocycles. The number of aromatic nitrogens is 1. The summed E-state index contributed by atoms with van der Waals surface area (Å²) in [6.45, 7) is 6.96. The van der Waals surface area contributed by atoms with Gasteiger partial charge in [0.05, 0.1) is 12.3 Å². The van der Waals surface area contributed by atoms with Crippen LogP contribution in [0.3, 0.4) is 0 Å². The van der Waals surface area contributed by atoms with Gasteiger partial charge < -0.3 is 19.7 Å². The minimum Gasteiger partial charge on any atom is -0.449 e. The number of carbonyl (C=O) groups is 3. The van der Waals surface area contributed by atoms with Crippen LogP contribution in [0.15, 0.2) is 29.6 Å².